The third kappa shape index (κ3) is 1.59. The molecule has 0 spiro atoms. The van der Waals surface area contributed by atoms with Gasteiger partial charge in [0.05, 0.1) is 6.54 Å². The summed E-state index contributed by atoms with van der Waals surface area (Å²) in [5.41, 5.74) is 1.39. The van der Waals surface area contributed by atoms with E-state index in [0.717, 1.165) is 25.2 Å². The fourth-order valence-electron chi connectivity index (χ4n) is 0.901. The maximum atomic E-state index is 4.34. The largest absolute Gasteiger partial charge is 0.350 e. The summed E-state index contributed by atoms with van der Waals surface area (Å²) in [5.74, 6) is 1.11. The van der Waals surface area contributed by atoms with E-state index >= 15 is 0 Å². The lowest BCUT2D eigenvalue weighted by molar-refractivity contribution is 0.926. The van der Waals surface area contributed by atoms with E-state index in [1.807, 2.05) is 0 Å². The van der Waals surface area contributed by atoms with Crippen LogP contribution in [0.2, 0.25) is 0 Å². The van der Waals surface area contributed by atoms with Crippen LogP contribution in [0.1, 0.15) is 26.7 Å². The molecule has 0 aromatic rings. The van der Waals surface area contributed by atoms with Crippen LogP contribution in [-0.4, -0.2) is 12.4 Å². The van der Waals surface area contributed by atoms with Gasteiger partial charge in [0.1, 0.15) is 5.84 Å². The van der Waals surface area contributed by atoms with Crippen LogP contribution in [0, 0.1) is 0 Å². The zero-order chi connectivity index (χ0) is 7.40. The molecule has 0 saturated carbocycles. The number of hydrogen-bond donors (Lipinski definition) is 1. The first kappa shape index (κ1) is 7.32. The van der Waals surface area contributed by atoms with Crippen molar-refractivity contribution in [1.29, 1.82) is 0 Å². The van der Waals surface area contributed by atoms with Crippen LogP contribution in [0.4, 0.5) is 0 Å². The number of rotatable bonds is 2. The minimum Gasteiger partial charge on any atom is -0.350 e. The van der Waals surface area contributed by atoms with Crippen LogP contribution in [-0.2, 0) is 0 Å². The molecule has 0 amide bonds. The van der Waals surface area contributed by atoms with Gasteiger partial charge in [-0.05, 0) is 12.0 Å². The second-order valence-corrected chi connectivity index (χ2v) is 2.42. The lowest BCUT2D eigenvalue weighted by Gasteiger charge is -2.11. The van der Waals surface area contributed by atoms with Crippen LogP contribution in [0.5, 0.6) is 0 Å². The summed E-state index contributed by atoms with van der Waals surface area (Å²) in [6.45, 7) is 5.16. The molecule has 0 atom stereocenters. The standard InChI is InChI=1S/C8H14N2/c1-3-7-5-9-8(4-2)10-6-7/h5H,3-4,6H2,1-2H3,(H,9,10). The Morgan fingerprint density at radius 2 is 2.30 bits per heavy atom. The van der Waals surface area contributed by atoms with Crippen molar-refractivity contribution in [2.75, 3.05) is 6.54 Å². The monoisotopic (exact) mass is 138 g/mol. The van der Waals surface area contributed by atoms with Crippen molar-refractivity contribution in [1.82, 2.24) is 5.32 Å². The summed E-state index contributed by atoms with van der Waals surface area (Å²) in [5, 5.41) is 3.16. The van der Waals surface area contributed by atoms with Gasteiger partial charge >= 0.3 is 0 Å². The molecule has 56 valence electrons. The van der Waals surface area contributed by atoms with Gasteiger partial charge in [0.15, 0.2) is 0 Å². The Labute approximate surface area is 62.0 Å². The van der Waals surface area contributed by atoms with E-state index in [9.17, 15) is 0 Å². The van der Waals surface area contributed by atoms with Gasteiger partial charge in [0, 0.05) is 12.6 Å². The van der Waals surface area contributed by atoms with Crippen molar-refractivity contribution < 1.29 is 0 Å². The van der Waals surface area contributed by atoms with E-state index < -0.39 is 0 Å². The third-order valence-electron chi connectivity index (χ3n) is 1.70. The highest BCUT2D eigenvalue weighted by atomic mass is 15.0. The predicted molar refractivity (Wildman–Crippen MR) is 44.1 cm³/mol. The zero-order valence-electron chi connectivity index (χ0n) is 6.65. The Balaban J connectivity index is 2.45. The summed E-state index contributed by atoms with van der Waals surface area (Å²) in [4.78, 5) is 4.34. The molecule has 0 saturated heterocycles. The molecule has 0 aromatic heterocycles. The molecular weight excluding hydrogens is 124 g/mol. The summed E-state index contributed by atoms with van der Waals surface area (Å²) in [6, 6.07) is 0. The van der Waals surface area contributed by atoms with E-state index in [2.05, 4.69) is 30.4 Å². The zero-order valence-corrected chi connectivity index (χ0v) is 6.65. The van der Waals surface area contributed by atoms with Crippen LogP contribution in [0.25, 0.3) is 0 Å². The first-order valence-electron chi connectivity index (χ1n) is 3.84. The maximum Gasteiger partial charge on any atom is 0.100 e. The molecule has 1 rings (SSSR count). The van der Waals surface area contributed by atoms with Crippen LogP contribution in [0.15, 0.2) is 16.8 Å². The van der Waals surface area contributed by atoms with E-state index in [4.69, 9.17) is 0 Å². The second kappa shape index (κ2) is 3.40. The smallest absolute Gasteiger partial charge is 0.100 e. The van der Waals surface area contributed by atoms with Gasteiger partial charge in [-0.3, -0.25) is 4.99 Å². The number of aliphatic imine (C=N–C) groups is 1. The molecule has 0 unspecified atom stereocenters. The molecule has 1 heterocycles. The molecule has 0 fully saturated rings. The van der Waals surface area contributed by atoms with Crippen molar-refractivity contribution in [3.05, 3.63) is 11.8 Å². The minimum atomic E-state index is 0.896. The highest BCUT2D eigenvalue weighted by Crippen LogP contribution is 2.03. The normalized spacial score (nSPS) is 17.4. The van der Waals surface area contributed by atoms with Gasteiger partial charge in [0.2, 0.25) is 0 Å². The Kier molecular flexibility index (Phi) is 2.49. The van der Waals surface area contributed by atoms with Gasteiger partial charge in [-0.15, -0.1) is 0 Å². The molecular formula is C8H14N2. The van der Waals surface area contributed by atoms with E-state index in [0.29, 0.717) is 0 Å². The average molecular weight is 138 g/mol. The molecule has 0 bridgehead atoms. The number of nitrogens with one attached hydrogen (secondary N) is 1. The van der Waals surface area contributed by atoms with Gasteiger partial charge in [0.25, 0.3) is 0 Å². The molecule has 0 aromatic carbocycles. The molecule has 0 aliphatic carbocycles. The molecule has 1 aliphatic rings. The molecule has 10 heavy (non-hydrogen) atoms. The summed E-state index contributed by atoms with van der Waals surface area (Å²) < 4.78 is 0. The average Bonchev–Trinajstić information content (AvgIpc) is 2.05. The molecule has 2 nitrogen and oxygen atoms in total. The fraction of sp³-hybridized carbons (Fsp3) is 0.625. The predicted octanol–water partition coefficient (Wildman–Crippen LogP) is 1.69. The maximum absolute atomic E-state index is 4.34. The van der Waals surface area contributed by atoms with Crippen molar-refractivity contribution in [3.8, 4) is 0 Å². The van der Waals surface area contributed by atoms with Crippen LogP contribution < -0.4 is 5.32 Å². The second-order valence-electron chi connectivity index (χ2n) is 2.42. The van der Waals surface area contributed by atoms with Crippen molar-refractivity contribution in [3.63, 3.8) is 0 Å². The first-order chi connectivity index (χ1) is 4.86. The summed E-state index contributed by atoms with van der Waals surface area (Å²) >= 11 is 0. The van der Waals surface area contributed by atoms with Crippen molar-refractivity contribution >= 4 is 5.84 Å². The van der Waals surface area contributed by atoms with E-state index in [1.165, 1.54) is 5.57 Å². The number of hydrogen-bond acceptors (Lipinski definition) is 2. The van der Waals surface area contributed by atoms with Gasteiger partial charge in [-0.1, -0.05) is 13.8 Å². The molecule has 0 radical (unpaired) electrons. The van der Waals surface area contributed by atoms with Crippen molar-refractivity contribution in [2.45, 2.75) is 26.7 Å². The van der Waals surface area contributed by atoms with E-state index in [1.54, 1.807) is 0 Å². The molecule has 1 N–H and O–H groups in total. The number of amidine groups is 1. The highest BCUT2D eigenvalue weighted by molar-refractivity contribution is 5.83. The van der Waals surface area contributed by atoms with Crippen LogP contribution in [0.3, 0.4) is 0 Å². The molecule has 2 heteroatoms. The third-order valence-corrected chi connectivity index (χ3v) is 1.70. The lowest BCUT2D eigenvalue weighted by atomic mass is 10.2. The molecule has 1 aliphatic heterocycles. The highest BCUT2D eigenvalue weighted by Gasteiger charge is 2.00. The Morgan fingerprint density at radius 3 is 2.70 bits per heavy atom. The lowest BCUT2D eigenvalue weighted by Crippen LogP contribution is -2.21. The first-order valence-corrected chi connectivity index (χ1v) is 3.84. The fourth-order valence-corrected chi connectivity index (χ4v) is 0.901. The Morgan fingerprint density at radius 1 is 1.50 bits per heavy atom. The number of nitrogens with zero attached hydrogens (tertiary/aromatic N) is 1. The van der Waals surface area contributed by atoms with Gasteiger partial charge in [-0.2, -0.15) is 0 Å². The summed E-state index contributed by atoms with van der Waals surface area (Å²) in [7, 11) is 0. The van der Waals surface area contributed by atoms with Crippen LogP contribution >= 0.6 is 0 Å². The van der Waals surface area contributed by atoms with Crippen molar-refractivity contribution in [2.24, 2.45) is 4.99 Å². The van der Waals surface area contributed by atoms with Gasteiger partial charge < -0.3 is 5.32 Å². The quantitative estimate of drug-likeness (QED) is 0.617. The van der Waals surface area contributed by atoms with Gasteiger partial charge in [-0.25, -0.2) is 0 Å². The van der Waals surface area contributed by atoms with E-state index in [-0.39, 0.29) is 0 Å². The summed E-state index contributed by atoms with van der Waals surface area (Å²) in [6.07, 6.45) is 4.19. The Hall–Kier alpha value is -0.790. The topological polar surface area (TPSA) is 24.4 Å². The minimum absolute atomic E-state index is 0.896. The SMILES string of the molecule is CCC1=CNC(CC)=NC1. The Bertz CT molecular complexity index is 148.